The number of rotatable bonds is 5. The Balaban J connectivity index is 4.25. The number of ether oxygens (including phenoxy) is 2. The predicted octanol–water partition coefficient (Wildman–Crippen LogP) is 2.33. The molecule has 0 saturated carbocycles. The van der Waals surface area contributed by atoms with Crippen molar-refractivity contribution in [2.75, 3.05) is 20.8 Å². The van der Waals surface area contributed by atoms with Crippen molar-refractivity contribution in [1.29, 1.82) is 0 Å². The summed E-state index contributed by atoms with van der Waals surface area (Å²) in [7, 11) is 3.50. The van der Waals surface area contributed by atoms with Gasteiger partial charge in [-0.2, -0.15) is 0 Å². The van der Waals surface area contributed by atoms with E-state index < -0.39 is 0 Å². The lowest BCUT2D eigenvalue weighted by Gasteiger charge is -2.35. The molecule has 0 aromatic heterocycles. The minimum Gasteiger partial charge on any atom is -0.384 e. The quantitative estimate of drug-likeness (QED) is 0.637. The monoisotopic (exact) mass is 174 g/mol. The molecule has 0 aromatic carbocycles. The van der Waals surface area contributed by atoms with E-state index in [4.69, 9.17) is 9.47 Å². The van der Waals surface area contributed by atoms with Crippen LogP contribution < -0.4 is 0 Å². The maximum atomic E-state index is 5.45. The van der Waals surface area contributed by atoms with Crippen molar-refractivity contribution >= 4 is 0 Å². The molecule has 0 aromatic rings. The molecule has 12 heavy (non-hydrogen) atoms. The average molecular weight is 174 g/mol. The molecule has 0 bridgehead atoms. The van der Waals surface area contributed by atoms with Crippen LogP contribution in [-0.2, 0) is 9.47 Å². The van der Waals surface area contributed by atoms with Gasteiger partial charge in [-0.15, -0.1) is 0 Å². The summed E-state index contributed by atoms with van der Waals surface area (Å²) in [4.78, 5) is 0. The van der Waals surface area contributed by atoms with Crippen LogP contribution >= 0.6 is 0 Å². The van der Waals surface area contributed by atoms with Crippen LogP contribution in [0.1, 0.15) is 27.7 Å². The number of hydrogen-bond donors (Lipinski definition) is 0. The second kappa shape index (κ2) is 4.83. The van der Waals surface area contributed by atoms with E-state index in [2.05, 4.69) is 27.7 Å². The molecule has 0 radical (unpaired) electrons. The van der Waals surface area contributed by atoms with Crippen molar-refractivity contribution < 1.29 is 9.47 Å². The number of methoxy groups -OCH3 is 2. The predicted molar refractivity (Wildman–Crippen MR) is 51.3 cm³/mol. The van der Waals surface area contributed by atoms with Crippen LogP contribution in [0.25, 0.3) is 0 Å². The Kier molecular flexibility index (Phi) is 4.80. The first kappa shape index (κ1) is 11.9. The summed E-state index contributed by atoms with van der Waals surface area (Å²) in [6, 6.07) is 0. The van der Waals surface area contributed by atoms with E-state index in [1.807, 2.05) is 0 Å². The first-order valence-corrected chi connectivity index (χ1v) is 4.47. The average Bonchev–Trinajstić information content (AvgIpc) is 1.86. The highest BCUT2D eigenvalue weighted by Crippen LogP contribution is 2.28. The lowest BCUT2D eigenvalue weighted by molar-refractivity contribution is -0.0585. The van der Waals surface area contributed by atoms with E-state index in [1.165, 1.54) is 0 Å². The summed E-state index contributed by atoms with van der Waals surface area (Å²) in [5.41, 5.74) is 0.0949. The van der Waals surface area contributed by atoms with E-state index in [9.17, 15) is 0 Å². The van der Waals surface area contributed by atoms with Gasteiger partial charge in [0.25, 0.3) is 0 Å². The Morgan fingerprint density at radius 1 is 1.17 bits per heavy atom. The lowest BCUT2D eigenvalue weighted by atomic mass is 9.81. The molecule has 0 unspecified atom stereocenters. The fraction of sp³-hybridized carbons (Fsp3) is 1.00. The van der Waals surface area contributed by atoms with E-state index in [-0.39, 0.29) is 11.5 Å². The minimum atomic E-state index is 0.0949. The second-order valence-corrected chi connectivity index (χ2v) is 4.32. The molecule has 0 spiro atoms. The zero-order valence-electron chi connectivity index (χ0n) is 9.18. The fourth-order valence-corrected chi connectivity index (χ4v) is 1.95. The molecule has 0 aliphatic carbocycles. The molecule has 1 atom stereocenters. The van der Waals surface area contributed by atoms with Crippen LogP contribution in [0, 0.1) is 11.3 Å². The van der Waals surface area contributed by atoms with E-state index >= 15 is 0 Å². The van der Waals surface area contributed by atoms with Crippen molar-refractivity contribution in [1.82, 2.24) is 0 Å². The third-order valence-electron chi connectivity index (χ3n) is 2.15. The molecule has 0 fully saturated rings. The summed E-state index contributed by atoms with van der Waals surface area (Å²) in [6.07, 6.45) is 0.262. The summed E-state index contributed by atoms with van der Waals surface area (Å²) in [5.74, 6) is 0.528. The molecular formula is C10H22O2. The molecule has 0 amide bonds. The van der Waals surface area contributed by atoms with Crippen molar-refractivity contribution in [2.24, 2.45) is 11.3 Å². The van der Waals surface area contributed by atoms with Crippen LogP contribution in [0.4, 0.5) is 0 Å². The Morgan fingerprint density at radius 3 is 1.92 bits per heavy atom. The Hall–Kier alpha value is -0.0800. The first-order valence-electron chi connectivity index (χ1n) is 4.47. The van der Waals surface area contributed by atoms with Crippen LogP contribution in [-0.4, -0.2) is 26.9 Å². The first-order chi connectivity index (χ1) is 5.45. The highest BCUT2D eigenvalue weighted by molar-refractivity contribution is 4.80. The maximum Gasteiger partial charge on any atom is 0.0667 e. The molecule has 0 heterocycles. The Morgan fingerprint density at radius 2 is 1.67 bits per heavy atom. The van der Waals surface area contributed by atoms with Crippen LogP contribution in [0.5, 0.6) is 0 Å². The highest BCUT2D eigenvalue weighted by Gasteiger charge is 2.31. The third kappa shape index (κ3) is 3.11. The van der Waals surface area contributed by atoms with E-state index in [0.29, 0.717) is 5.92 Å². The van der Waals surface area contributed by atoms with Gasteiger partial charge in [0, 0.05) is 19.6 Å². The van der Waals surface area contributed by atoms with Crippen LogP contribution in [0.2, 0.25) is 0 Å². The second-order valence-electron chi connectivity index (χ2n) is 4.32. The lowest BCUT2D eigenvalue weighted by Crippen LogP contribution is -2.38. The van der Waals surface area contributed by atoms with Gasteiger partial charge in [-0.3, -0.25) is 0 Å². The zero-order chi connectivity index (χ0) is 9.78. The van der Waals surface area contributed by atoms with Gasteiger partial charge in [-0.25, -0.2) is 0 Å². The maximum absolute atomic E-state index is 5.45. The van der Waals surface area contributed by atoms with E-state index in [0.717, 1.165) is 6.61 Å². The molecule has 74 valence electrons. The minimum absolute atomic E-state index is 0.0949. The van der Waals surface area contributed by atoms with Crippen LogP contribution in [0.15, 0.2) is 0 Å². The van der Waals surface area contributed by atoms with E-state index in [1.54, 1.807) is 14.2 Å². The Bertz CT molecular complexity index is 119. The van der Waals surface area contributed by atoms with Gasteiger partial charge in [0.2, 0.25) is 0 Å². The van der Waals surface area contributed by atoms with Gasteiger partial charge in [0.05, 0.1) is 12.7 Å². The molecule has 0 aliphatic heterocycles. The third-order valence-corrected chi connectivity index (χ3v) is 2.15. The Labute approximate surface area is 76.3 Å². The summed E-state index contributed by atoms with van der Waals surface area (Å²) < 4.78 is 10.6. The largest absolute Gasteiger partial charge is 0.384 e. The van der Waals surface area contributed by atoms with Gasteiger partial charge in [0.1, 0.15) is 0 Å². The van der Waals surface area contributed by atoms with Gasteiger partial charge in [0.15, 0.2) is 0 Å². The van der Waals surface area contributed by atoms with Gasteiger partial charge >= 0.3 is 0 Å². The van der Waals surface area contributed by atoms with Gasteiger partial charge in [-0.05, 0) is 5.92 Å². The summed E-state index contributed by atoms with van der Waals surface area (Å²) in [6.45, 7) is 9.43. The fourth-order valence-electron chi connectivity index (χ4n) is 1.95. The summed E-state index contributed by atoms with van der Waals surface area (Å²) in [5, 5.41) is 0. The highest BCUT2D eigenvalue weighted by atomic mass is 16.5. The van der Waals surface area contributed by atoms with Crippen LogP contribution in [0.3, 0.4) is 0 Å². The van der Waals surface area contributed by atoms with Gasteiger partial charge in [-0.1, -0.05) is 27.7 Å². The van der Waals surface area contributed by atoms with Gasteiger partial charge < -0.3 is 9.47 Å². The molecular weight excluding hydrogens is 152 g/mol. The molecule has 2 nitrogen and oxygen atoms in total. The van der Waals surface area contributed by atoms with Crippen molar-refractivity contribution in [3.05, 3.63) is 0 Å². The topological polar surface area (TPSA) is 18.5 Å². The van der Waals surface area contributed by atoms with Crippen molar-refractivity contribution in [2.45, 2.75) is 33.8 Å². The smallest absolute Gasteiger partial charge is 0.0667 e. The van der Waals surface area contributed by atoms with Crippen molar-refractivity contribution in [3.63, 3.8) is 0 Å². The number of hydrogen-bond acceptors (Lipinski definition) is 2. The zero-order valence-corrected chi connectivity index (χ0v) is 9.18. The standard InChI is InChI=1S/C10H22O2/c1-8(2)9(12-6)10(3,4)7-11-5/h8-9H,7H2,1-6H3/t9-/m0/s1. The summed E-state index contributed by atoms with van der Waals surface area (Å²) >= 11 is 0. The molecule has 2 heteroatoms. The molecule has 0 rings (SSSR count). The normalized spacial score (nSPS) is 15.2. The van der Waals surface area contributed by atoms with Crippen molar-refractivity contribution in [3.8, 4) is 0 Å². The molecule has 0 aliphatic rings. The SMILES string of the molecule is COCC(C)(C)[C@@H](OC)C(C)C. The molecule has 0 saturated heterocycles. The molecule has 0 N–H and O–H groups in total.